The highest BCUT2D eigenvalue weighted by molar-refractivity contribution is 9.10. The Bertz CT molecular complexity index is 578. The highest BCUT2D eigenvalue weighted by atomic mass is 79.9. The van der Waals surface area contributed by atoms with Crippen molar-refractivity contribution >= 4 is 21.7 Å². The number of ketones is 1. The van der Waals surface area contributed by atoms with Gasteiger partial charge in [0.2, 0.25) is 0 Å². The molecule has 2 nitrogen and oxygen atoms in total. The predicted octanol–water partition coefficient (Wildman–Crippen LogP) is 4.27. The van der Waals surface area contributed by atoms with Gasteiger partial charge in [-0.2, -0.15) is 0 Å². The zero-order valence-corrected chi connectivity index (χ0v) is 12.3. The first kappa shape index (κ1) is 13.8. The molecule has 0 aliphatic carbocycles. The molecule has 19 heavy (non-hydrogen) atoms. The number of aryl methyl sites for hydroxylation is 1. The fourth-order valence-electron chi connectivity index (χ4n) is 1.83. The molecule has 0 N–H and O–H groups in total. The molecule has 0 aliphatic rings. The van der Waals surface area contributed by atoms with E-state index in [1.54, 1.807) is 12.1 Å². The smallest absolute Gasteiger partial charge is 0.200 e. The van der Waals surface area contributed by atoms with Crippen LogP contribution in [0.3, 0.4) is 0 Å². The predicted molar refractivity (Wildman–Crippen MR) is 79.8 cm³/mol. The number of carbonyl (C=O) groups excluding carboxylic acids is 1. The molecule has 0 aliphatic heterocycles. The molecule has 0 amide bonds. The third-order valence-corrected chi connectivity index (χ3v) is 3.35. The van der Waals surface area contributed by atoms with E-state index in [9.17, 15) is 4.79 Å². The molecule has 0 bridgehead atoms. The summed E-state index contributed by atoms with van der Waals surface area (Å²) in [7, 11) is 0. The van der Waals surface area contributed by atoms with Gasteiger partial charge in [0.15, 0.2) is 12.4 Å². The van der Waals surface area contributed by atoms with Crippen LogP contribution in [0.4, 0.5) is 0 Å². The number of ether oxygens (including phenoxy) is 1. The largest absolute Gasteiger partial charge is 0.485 e. The van der Waals surface area contributed by atoms with Crippen molar-refractivity contribution in [2.45, 2.75) is 13.3 Å². The van der Waals surface area contributed by atoms with Crippen molar-refractivity contribution in [3.63, 3.8) is 0 Å². The van der Waals surface area contributed by atoms with E-state index in [0.717, 1.165) is 22.2 Å². The van der Waals surface area contributed by atoms with Crippen molar-refractivity contribution in [1.29, 1.82) is 0 Å². The van der Waals surface area contributed by atoms with Crippen molar-refractivity contribution < 1.29 is 9.53 Å². The topological polar surface area (TPSA) is 26.3 Å². The third-order valence-electron chi connectivity index (χ3n) is 2.86. The molecule has 0 saturated heterocycles. The van der Waals surface area contributed by atoms with Gasteiger partial charge in [0, 0.05) is 10.0 Å². The number of para-hydroxylation sites is 1. The Labute approximate surface area is 121 Å². The molecule has 0 atom stereocenters. The monoisotopic (exact) mass is 318 g/mol. The maximum Gasteiger partial charge on any atom is 0.200 e. The van der Waals surface area contributed by atoms with Gasteiger partial charge in [-0.15, -0.1) is 0 Å². The van der Waals surface area contributed by atoms with Gasteiger partial charge in [-0.05, 0) is 30.2 Å². The molecule has 0 heterocycles. The summed E-state index contributed by atoms with van der Waals surface area (Å²) < 4.78 is 6.51. The molecule has 2 aromatic carbocycles. The molecule has 0 aromatic heterocycles. The van der Waals surface area contributed by atoms with Gasteiger partial charge in [0.25, 0.3) is 0 Å². The van der Waals surface area contributed by atoms with E-state index in [4.69, 9.17) is 4.74 Å². The highest BCUT2D eigenvalue weighted by Crippen LogP contribution is 2.19. The second-order valence-electron chi connectivity index (χ2n) is 4.18. The van der Waals surface area contributed by atoms with Crippen molar-refractivity contribution in [2.24, 2.45) is 0 Å². The molecule has 0 saturated carbocycles. The number of hydrogen-bond donors (Lipinski definition) is 0. The first-order valence-corrected chi connectivity index (χ1v) is 6.99. The van der Waals surface area contributed by atoms with Crippen LogP contribution >= 0.6 is 15.9 Å². The average molecular weight is 319 g/mol. The molecule has 3 heteroatoms. The minimum atomic E-state index is -0.0211. The first-order chi connectivity index (χ1) is 9.20. The first-order valence-electron chi connectivity index (χ1n) is 6.20. The summed E-state index contributed by atoms with van der Waals surface area (Å²) in [4.78, 5) is 12.0. The van der Waals surface area contributed by atoms with E-state index < -0.39 is 0 Å². The highest BCUT2D eigenvalue weighted by Gasteiger charge is 2.08. The lowest BCUT2D eigenvalue weighted by molar-refractivity contribution is 0.0921. The minimum absolute atomic E-state index is 0.0211. The second kappa shape index (κ2) is 6.53. The van der Waals surface area contributed by atoms with Crippen molar-refractivity contribution in [1.82, 2.24) is 0 Å². The zero-order chi connectivity index (χ0) is 13.7. The van der Waals surface area contributed by atoms with Gasteiger partial charge in [-0.25, -0.2) is 0 Å². The molecular weight excluding hydrogens is 304 g/mol. The van der Waals surface area contributed by atoms with E-state index in [2.05, 4.69) is 22.9 Å². The Kier molecular flexibility index (Phi) is 4.74. The minimum Gasteiger partial charge on any atom is -0.485 e. The van der Waals surface area contributed by atoms with E-state index in [-0.39, 0.29) is 12.4 Å². The number of rotatable bonds is 5. The van der Waals surface area contributed by atoms with Gasteiger partial charge in [0.05, 0.1) is 0 Å². The van der Waals surface area contributed by atoms with Crippen LogP contribution in [0, 0.1) is 0 Å². The Morgan fingerprint density at radius 3 is 2.68 bits per heavy atom. The molecular formula is C16H15BrO2. The van der Waals surface area contributed by atoms with Gasteiger partial charge < -0.3 is 4.74 Å². The number of halogens is 1. The SMILES string of the molecule is CCc1ccccc1OCC(=O)c1cccc(Br)c1. The zero-order valence-electron chi connectivity index (χ0n) is 10.7. The fraction of sp³-hybridized carbons (Fsp3) is 0.188. The van der Waals surface area contributed by atoms with Crippen LogP contribution in [-0.2, 0) is 6.42 Å². The molecule has 0 fully saturated rings. The van der Waals surface area contributed by atoms with Gasteiger partial charge in [-0.3, -0.25) is 4.79 Å². The quantitative estimate of drug-likeness (QED) is 0.769. The summed E-state index contributed by atoms with van der Waals surface area (Å²) >= 11 is 3.36. The molecule has 0 radical (unpaired) electrons. The van der Waals surface area contributed by atoms with Crippen LogP contribution in [0.1, 0.15) is 22.8 Å². The van der Waals surface area contributed by atoms with Crippen LogP contribution in [0.25, 0.3) is 0 Å². The van der Waals surface area contributed by atoms with Crippen LogP contribution in [-0.4, -0.2) is 12.4 Å². The third kappa shape index (κ3) is 3.67. The van der Waals surface area contributed by atoms with E-state index >= 15 is 0 Å². The maximum absolute atomic E-state index is 12.0. The van der Waals surface area contributed by atoms with Gasteiger partial charge in [-0.1, -0.05) is 53.2 Å². The lowest BCUT2D eigenvalue weighted by atomic mass is 10.1. The molecule has 0 unspecified atom stereocenters. The molecule has 2 aromatic rings. The summed E-state index contributed by atoms with van der Waals surface area (Å²) in [5.74, 6) is 0.764. The molecule has 2 rings (SSSR count). The summed E-state index contributed by atoms with van der Waals surface area (Å²) in [6, 6.07) is 15.1. The summed E-state index contributed by atoms with van der Waals surface area (Å²) in [5.41, 5.74) is 1.77. The van der Waals surface area contributed by atoms with E-state index in [1.807, 2.05) is 36.4 Å². The van der Waals surface area contributed by atoms with E-state index in [1.165, 1.54) is 0 Å². The van der Waals surface area contributed by atoms with Gasteiger partial charge >= 0.3 is 0 Å². The Hall–Kier alpha value is -1.61. The Morgan fingerprint density at radius 1 is 1.16 bits per heavy atom. The van der Waals surface area contributed by atoms with Crippen LogP contribution < -0.4 is 4.74 Å². The van der Waals surface area contributed by atoms with E-state index in [0.29, 0.717) is 5.56 Å². The lowest BCUT2D eigenvalue weighted by Gasteiger charge is -2.09. The number of hydrogen-bond acceptors (Lipinski definition) is 2. The lowest BCUT2D eigenvalue weighted by Crippen LogP contribution is -2.12. The number of Topliss-reactive ketones (excluding diaryl/α,β-unsaturated/α-hetero) is 1. The standard InChI is InChI=1S/C16H15BrO2/c1-2-12-6-3-4-9-16(12)19-11-15(18)13-7-5-8-14(17)10-13/h3-10H,2,11H2,1H3. The van der Waals surface area contributed by atoms with Crippen LogP contribution in [0.2, 0.25) is 0 Å². The van der Waals surface area contributed by atoms with Crippen molar-refractivity contribution in [3.8, 4) is 5.75 Å². The molecule has 0 spiro atoms. The number of benzene rings is 2. The van der Waals surface area contributed by atoms with Crippen molar-refractivity contribution in [3.05, 3.63) is 64.1 Å². The van der Waals surface area contributed by atoms with Crippen LogP contribution in [0.5, 0.6) is 5.75 Å². The van der Waals surface area contributed by atoms with Crippen molar-refractivity contribution in [2.75, 3.05) is 6.61 Å². The number of carbonyl (C=O) groups is 1. The second-order valence-corrected chi connectivity index (χ2v) is 5.10. The summed E-state index contributed by atoms with van der Waals surface area (Å²) in [6.07, 6.45) is 0.890. The van der Waals surface area contributed by atoms with Crippen LogP contribution in [0.15, 0.2) is 53.0 Å². The average Bonchev–Trinajstić information content (AvgIpc) is 2.45. The summed E-state index contributed by atoms with van der Waals surface area (Å²) in [6.45, 7) is 2.13. The maximum atomic E-state index is 12.0. The normalized spacial score (nSPS) is 10.2. The Balaban J connectivity index is 2.04. The fourth-order valence-corrected chi connectivity index (χ4v) is 2.22. The molecule has 98 valence electrons. The van der Waals surface area contributed by atoms with Gasteiger partial charge in [0.1, 0.15) is 5.75 Å². The summed E-state index contributed by atoms with van der Waals surface area (Å²) in [5, 5.41) is 0. The Morgan fingerprint density at radius 2 is 1.95 bits per heavy atom.